The molecule has 0 spiro atoms. The van der Waals surface area contributed by atoms with Crippen molar-refractivity contribution in [1.29, 1.82) is 0 Å². The summed E-state index contributed by atoms with van der Waals surface area (Å²) < 4.78 is 1.98. The van der Waals surface area contributed by atoms with Crippen LogP contribution in [0.1, 0.15) is 40.0 Å². The van der Waals surface area contributed by atoms with Gasteiger partial charge in [0.15, 0.2) is 5.96 Å². The number of hydrogen-bond acceptors (Lipinski definition) is 3. The number of piperidine rings is 1. The van der Waals surface area contributed by atoms with Crippen LogP contribution in [0.15, 0.2) is 23.5 Å². The Labute approximate surface area is 146 Å². The highest BCUT2D eigenvalue weighted by atomic mass is 15.3. The fourth-order valence-corrected chi connectivity index (χ4v) is 3.16. The van der Waals surface area contributed by atoms with E-state index in [0.29, 0.717) is 12.0 Å². The normalized spacial score (nSPS) is 18.5. The van der Waals surface area contributed by atoms with Crippen LogP contribution in [0.4, 0.5) is 0 Å². The summed E-state index contributed by atoms with van der Waals surface area (Å²) >= 11 is 0. The van der Waals surface area contributed by atoms with E-state index in [9.17, 15) is 0 Å². The Morgan fingerprint density at radius 2 is 2.12 bits per heavy atom. The van der Waals surface area contributed by atoms with Gasteiger partial charge in [0.05, 0.1) is 0 Å². The summed E-state index contributed by atoms with van der Waals surface area (Å²) in [6, 6.07) is 2.50. The first kappa shape index (κ1) is 18.8. The molecule has 0 saturated carbocycles. The number of hydrogen-bond donors (Lipinski definition) is 2. The van der Waals surface area contributed by atoms with Crippen LogP contribution < -0.4 is 10.6 Å². The standard InChI is InChI=1S/C18H34N6/c1-4-10-23-12-7-17(8-13-23)22-18(19-5-2)20-14-16(3)15-24-11-6-9-21-24/h6,9,11,16-17H,4-5,7-8,10,12-15H2,1-3H3,(H2,19,20,22). The second kappa shape index (κ2) is 10.3. The molecular weight excluding hydrogens is 300 g/mol. The molecule has 2 rings (SSSR count). The minimum absolute atomic E-state index is 0.465. The first-order valence-electron chi connectivity index (χ1n) is 9.45. The minimum atomic E-state index is 0.465. The quantitative estimate of drug-likeness (QED) is 0.563. The van der Waals surface area contributed by atoms with E-state index in [1.54, 1.807) is 0 Å². The van der Waals surface area contributed by atoms with E-state index in [4.69, 9.17) is 4.99 Å². The van der Waals surface area contributed by atoms with Gasteiger partial charge >= 0.3 is 0 Å². The van der Waals surface area contributed by atoms with Crippen molar-refractivity contribution in [3.05, 3.63) is 18.5 Å². The summed E-state index contributed by atoms with van der Waals surface area (Å²) in [6.45, 7) is 12.8. The van der Waals surface area contributed by atoms with Crippen molar-refractivity contribution in [2.45, 2.75) is 52.6 Å². The molecule has 24 heavy (non-hydrogen) atoms. The molecule has 1 saturated heterocycles. The van der Waals surface area contributed by atoms with Gasteiger partial charge in [0.25, 0.3) is 0 Å². The van der Waals surface area contributed by atoms with Crippen LogP contribution in [0.5, 0.6) is 0 Å². The maximum atomic E-state index is 4.78. The lowest BCUT2D eigenvalue weighted by molar-refractivity contribution is 0.206. The second-order valence-corrected chi connectivity index (χ2v) is 6.81. The predicted octanol–water partition coefficient (Wildman–Crippen LogP) is 1.95. The maximum absolute atomic E-state index is 4.78. The molecule has 1 aliphatic heterocycles. The molecular formula is C18H34N6. The average Bonchev–Trinajstić information content (AvgIpc) is 3.08. The molecule has 0 aromatic carbocycles. The molecule has 0 amide bonds. The SMILES string of the molecule is CCCN1CCC(NC(=NCC(C)Cn2cccn2)NCC)CC1. The molecule has 0 aliphatic carbocycles. The summed E-state index contributed by atoms with van der Waals surface area (Å²) in [4.78, 5) is 7.35. The van der Waals surface area contributed by atoms with Crippen molar-refractivity contribution >= 4 is 5.96 Å². The van der Waals surface area contributed by atoms with Crippen molar-refractivity contribution in [1.82, 2.24) is 25.3 Å². The maximum Gasteiger partial charge on any atom is 0.191 e. The van der Waals surface area contributed by atoms with Crippen LogP contribution in [0, 0.1) is 5.92 Å². The Morgan fingerprint density at radius 3 is 2.75 bits per heavy atom. The highest BCUT2D eigenvalue weighted by Gasteiger charge is 2.19. The number of guanidine groups is 1. The third-order valence-corrected chi connectivity index (χ3v) is 4.43. The number of aliphatic imine (C=N–C) groups is 1. The highest BCUT2D eigenvalue weighted by molar-refractivity contribution is 5.80. The van der Waals surface area contributed by atoms with Gasteiger partial charge in [0.2, 0.25) is 0 Å². The molecule has 1 fully saturated rings. The van der Waals surface area contributed by atoms with Crippen molar-refractivity contribution < 1.29 is 0 Å². The van der Waals surface area contributed by atoms with Gasteiger partial charge in [-0.25, -0.2) is 0 Å². The molecule has 1 atom stereocenters. The summed E-state index contributed by atoms with van der Waals surface area (Å²) in [6.07, 6.45) is 7.48. The van der Waals surface area contributed by atoms with E-state index in [1.165, 1.54) is 38.9 Å². The van der Waals surface area contributed by atoms with Crippen LogP contribution in [0.2, 0.25) is 0 Å². The van der Waals surface area contributed by atoms with Gasteiger partial charge in [-0.2, -0.15) is 5.10 Å². The molecule has 6 nitrogen and oxygen atoms in total. The zero-order valence-corrected chi connectivity index (χ0v) is 15.5. The lowest BCUT2D eigenvalue weighted by atomic mass is 10.1. The molecule has 0 radical (unpaired) electrons. The predicted molar refractivity (Wildman–Crippen MR) is 100 cm³/mol. The Kier molecular flexibility index (Phi) is 8.08. The number of nitrogens with zero attached hydrogens (tertiary/aromatic N) is 4. The van der Waals surface area contributed by atoms with E-state index >= 15 is 0 Å². The molecule has 1 aliphatic rings. The van der Waals surface area contributed by atoms with Gasteiger partial charge in [0, 0.05) is 51.2 Å². The van der Waals surface area contributed by atoms with Gasteiger partial charge < -0.3 is 15.5 Å². The summed E-state index contributed by atoms with van der Waals surface area (Å²) in [5.41, 5.74) is 0. The smallest absolute Gasteiger partial charge is 0.191 e. The highest BCUT2D eigenvalue weighted by Crippen LogP contribution is 2.10. The van der Waals surface area contributed by atoms with E-state index in [-0.39, 0.29) is 0 Å². The molecule has 0 bridgehead atoms. The number of rotatable bonds is 8. The molecule has 2 heterocycles. The lowest BCUT2D eigenvalue weighted by Crippen LogP contribution is -2.48. The first-order chi connectivity index (χ1) is 11.7. The third kappa shape index (κ3) is 6.51. The van der Waals surface area contributed by atoms with Gasteiger partial charge in [-0.15, -0.1) is 0 Å². The number of nitrogens with one attached hydrogen (secondary N) is 2. The van der Waals surface area contributed by atoms with Crippen LogP contribution in [0.25, 0.3) is 0 Å². The Bertz CT molecular complexity index is 462. The summed E-state index contributed by atoms with van der Waals surface area (Å²) in [5, 5.41) is 11.3. The molecule has 136 valence electrons. The first-order valence-corrected chi connectivity index (χ1v) is 9.45. The van der Waals surface area contributed by atoms with Crippen LogP contribution in [0.3, 0.4) is 0 Å². The summed E-state index contributed by atoms with van der Waals surface area (Å²) in [7, 11) is 0. The van der Waals surface area contributed by atoms with Crippen molar-refractivity contribution in [2.24, 2.45) is 10.9 Å². The van der Waals surface area contributed by atoms with Gasteiger partial charge in [-0.3, -0.25) is 9.67 Å². The van der Waals surface area contributed by atoms with Crippen LogP contribution >= 0.6 is 0 Å². The van der Waals surface area contributed by atoms with E-state index in [0.717, 1.165) is 25.6 Å². The van der Waals surface area contributed by atoms with Gasteiger partial charge in [-0.1, -0.05) is 13.8 Å². The zero-order valence-electron chi connectivity index (χ0n) is 15.5. The van der Waals surface area contributed by atoms with Gasteiger partial charge in [0.1, 0.15) is 0 Å². The Morgan fingerprint density at radius 1 is 1.33 bits per heavy atom. The topological polar surface area (TPSA) is 57.5 Å². The second-order valence-electron chi connectivity index (χ2n) is 6.81. The molecule has 6 heteroatoms. The Balaban J connectivity index is 1.78. The van der Waals surface area contributed by atoms with Crippen LogP contribution in [-0.2, 0) is 6.54 Å². The zero-order chi connectivity index (χ0) is 17.2. The Hall–Kier alpha value is -1.56. The van der Waals surface area contributed by atoms with E-state index in [1.807, 2.05) is 23.1 Å². The fourth-order valence-electron chi connectivity index (χ4n) is 3.16. The molecule has 2 N–H and O–H groups in total. The van der Waals surface area contributed by atoms with Crippen molar-refractivity contribution in [3.8, 4) is 0 Å². The average molecular weight is 335 g/mol. The molecule has 1 aromatic heterocycles. The minimum Gasteiger partial charge on any atom is -0.357 e. The third-order valence-electron chi connectivity index (χ3n) is 4.43. The monoisotopic (exact) mass is 334 g/mol. The van der Waals surface area contributed by atoms with Crippen LogP contribution in [-0.4, -0.2) is 59.4 Å². The van der Waals surface area contributed by atoms with Crippen molar-refractivity contribution in [2.75, 3.05) is 32.7 Å². The van der Waals surface area contributed by atoms with Gasteiger partial charge in [-0.05, 0) is 44.7 Å². The molecule has 1 unspecified atom stereocenters. The van der Waals surface area contributed by atoms with Crippen molar-refractivity contribution in [3.63, 3.8) is 0 Å². The summed E-state index contributed by atoms with van der Waals surface area (Å²) in [5.74, 6) is 1.42. The van der Waals surface area contributed by atoms with E-state index in [2.05, 4.69) is 41.4 Å². The number of likely N-dealkylation sites (tertiary alicyclic amines) is 1. The van der Waals surface area contributed by atoms with E-state index < -0.39 is 0 Å². The lowest BCUT2D eigenvalue weighted by Gasteiger charge is -2.32. The molecule has 1 aromatic rings. The fraction of sp³-hybridized carbons (Fsp3) is 0.778. The number of aromatic nitrogens is 2. The largest absolute Gasteiger partial charge is 0.357 e.